The van der Waals surface area contributed by atoms with Gasteiger partial charge in [0, 0.05) is 16.5 Å². The summed E-state index contributed by atoms with van der Waals surface area (Å²) in [6.45, 7) is 17.4. The van der Waals surface area contributed by atoms with Gasteiger partial charge in [0.2, 0.25) is 0 Å². The third-order valence-corrected chi connectivity index (χ3v) is 4.50. The summed E-state index contributed by atoms with van der Waals surface area (Å²) in [5.74, 6) is 1.77. The average Bonchev–Trinajstić information content (AvgIpc) is 2.35. The monoisotopic (exact) mass is 464 g/mol. The van der Waals surface area contributed by atoms with Crippen molar-refractivity contribution in [3.63, 3.8) is 0 Å². The molecule has 0 amide bonds. The van der Waals surface area contributed by atoms with Crippen molar-refractivity contribution in [1.29, 1.82) is 0 Å². The fourth-order valence-electron chi connectivity index (χ4n) is 1.85. The molecule has 0 aliphatic carbocycles. The van der Waals surface area contributed by atoms with Gasteiger partial charge in [0.1, 0.15) is 0 Å². The number of hydrogen-bond acceptors (Lipinski definition) is 2. The summed E-state index contributed by atoms with van der Waals surface area (Å²) in [6.07, 6.45) is 3.63. The van der Waals surface area contributed by atoms with Crippen molar-refractivity contribution in [2.24, 2.45) is 0 Å². The summed E-state index contributed by atoms with van der Waals surface area (Å²) in [5, 5.41) is 0. The minimum Gasteiger partial charge on any atom is -0.472 e. The van der Waals surface area contributed by atoms with Crippen molar-refractivity contribution in [3.8, 4) is 0 Å². The van der Waals surface area contributed by atoms with E-state index < -0.39 is 16.5 Å². The van der Waals surface area contributed by atoms with Crippen LogP contribution >= 0.6 is 0 Å². The molecule has 0 aliphatic rings. The van der Waals surface area contributed by atoms with Gasteiger partial charge in [-0.1, -0.05) is 98.7 Å². The fourth-order valence-corrected chi connectivity index (χ4v) is 3.47. The Morgan fingerprint density at radius 2 is 1.00 bits per heavy atom. The van der Waals surface area contributed by atoms with E-state index in [0.717, 1.165) is 11.6 Å². The van der Waals surface area contributed by atoms with Gasteiger partial charge >= 0.3 is 20.4 Å². The fraction of sp³-hybridized carbons (Fsp3) is 0.444. The molecule has 25 heavy (non-hydrogen) atoms. The molecule has 2 heterocycles. The largest absolute Gasteiger partial charge is 2.00 e. The Balaban J connectivity index is 0.000000443. The van der Waals surface area contributed by atoms with Gasteiger partial charge in [0.15, 0.2) is 0 Å². The smallest absolute Gasteiger partial charge is 0.472 e. The Bertz CT molecular complexity index is 595. The number of nitrogens with zero attached hydrogens (tertiary/aromatic N) is 4. The molecule has 0 aromatic carbocycles. The molecule has 0 atom stereocenters. The Hall–Kier alpha value is -1.00. The molecule has 0 bridgehead atoms. The van der Waals surface area contributed by atoms with Crippen molar-refractivity contribution < 1.29 is 20.4 Å². The molecule has 2 aromatic heterocycles. The van der Waals surface area contributed by atoms with Gasteiger partial charge in [-0.3, -0.25) is 0 Å². The first-order valence-electron chi connectivity index (χ1n) is 8.26. The molecule has 0 saturated heterocycles. The van der Waals surface area contributed by atoms with E-state index in [1.165, 1.54) is 11.1 Å². The van der Waals surface area contributed by atoms with Gasteiger partial charge in [-0.05, 0) is 13.8 Å². The zero-order valence-corrected chi connectivity index (χ0v) is 20.1. The number of aryl methyl sites for hydroxylation is 2. The van der Waals surface area contributed by atoms with E-state index in [1.54, 1.807) is 0 Å². The topological polar surface area (TPSA) is 54.0 Å². The molecule has 0 aliphatic heterocycles. The predicted octanol–water partition coefficient (Wildman–Crippen LogP) is 6.46. The first-order valence-corrected chi connectivity index (χ1v) is 15.2. The third-order valence-electron chi connectivity index (χ3n) is 2.70. The van der Waals surface area contributed by atoms with Crippen LogP contribution in [0.15, 0.2) is 36.7 Å². The van der Waals surface area contributed by atoms with E-state index in [-0.39, 0.29) is 20.4 Å². The Morgan fingerprint density at radius 1 is 0.680 bits per heavy atom. The standard InChI is InChI=1S/2C9H15N2Si.Pd/c2*1-8-5-6-10-9(7-8)11-12(2,3)4;/h2*5-7H,1-4H3;/q2*-1;+2. The molecule has 4 nitrogen and oxygen atoms in total. The van der Waals surface area contributed by atoms with Gasteiger partial charge < -0.3 is 19.9 Å². The van der Waals surface area contributed by atoms with Crippen LogP contribution in [0, 0.1) is 13.8 Å². The number of aromatic nitrogens is 2. The van der Waals surface area contributed by atoms with E-state index in [2.05, 4.69) is 73.1 Å². The van der Waals surface area contributed by atoms with Crippen LogP contribution in [0.2, 0.25) is 39.3 Å². The number of pyridine rings is 2. The van der Waals surface area contributed by atoms with E-state index in [1.807, 2.05) is 36.7 Å². The van der Waals surface area contributed by atoms with Gasteiger partial charge in [0.25, 0.3) is 0 Å². The Kier molecular flexibility index (Phi) is 9.81. The SMILES string of the molecule is Cc1ccnc([N-][Si](C)(C)C)c1.Cc1ccnc([N-][Si](C)(C)C)c1.[Pd+2]. The summed E-state index contributed by atoms with van der Waals surface area (Å²) < 4.78 is 0. The van der Waals surface area contributed by atoms with Crippen molar-refractivity contribution in [3.05, 3.63) is 57.8 Å². The molecule has 0 unspecified atom stereocenters. The molecule has 7 heteroatoms. The molecule has 140 valence electrons. The molecule has 0 fully saturated rings. The summed E-state index contributed by atoms with van der Waals surface area (Å²) in [5.41, 5.74) is 2.45. The Morgan fingerprint density at radius 3 is 1.24 bits per heavy atom. The molecule has 2 aromatic rings. The summed E-state index contributed by atoms with van der Waals surface area (Å²) in [4.78, 5) is 17.5. The minimum absolute atomic E-state index is 0. The number of hydrogen-bond donors (Lipinski definition) is 0. The predicted molar refractivity (Wildman–Crippen MR) is 111 cm³/mol. The van der Waals surface area contributed by atoms with Gasteiger partial charge in [-0.2, -0.15) is 0 Å². The normalized spacial score (nSPS) is 10.9. The second-order valence-corrected chi connectivity index (χ2v) is 17.1. The molecule has 0 radical (unpaired) electrons. The maximum Gasteiger partial charge on any atom is 2.00 e. The van der Waals surface area contributed by atoms with Crippen LogP contribution < -0.4 is 0 Å². The second kappa shape index (κ2) is 10.2. The van der Waals surface area contributed by atoms with Crippen molar-refractivity contribution in [2.45, 2.75) is 53.1 Å². The minimum atomic E-state index is -1.36. The van der Waals surface area contributed by atoms with Crippen LogP contribution in [0.25, 0.3) is 9.96 Å². The summed E-state index contributed by atoms with van der Waals surface area (Å²) in [7, 11) is -2.72. The molecule has 0 N–H and O–H groups in total. The summed E-state index contributed by atoms with van der Waals surface area (Å²) in [6, 6.07) is 8.03. The van der Waals surface area contributed by atoms with E-state index >= 15 is 0 Å². The molecule has 2 rings (SSSR count). The third kappa shape index (κ3) is 12.1. The Labute approximate surface area is 169 Å². The zero-order chi connectivity index (χ0) is 18.4. The van der Waals surface area contributed by atoms with E-state index in [0.29, 0.717) is 0 Å². The van der Waals surface area contributed by atoms with Crippen LogP contribution in [-0.2, 0) is 20.4 Å². The number of rotatable bonds is 4. The molecule has 0 saturated carbocycles. The van der Waals surface area contributed by atoms with Crippen LogP contribution in [0.3, 0.4) is 0 Å². The maximum atomic E-state index is 4.58. The summed E-state index contributed by atoms with van der Waals surface area (Å²) >= 11 is 0. The van der Waals surface area contributed by atoms with Crippen molar-refractivity contribution in [2.75, 3.05) is 0 Å². The molecular formula is C18H30N4PdSi2. The average molecular weight is 465 g/mol. The zero-order valence-electron chi connectivity index (χ0n) is 16.6. The first-order chi connectivity index (χ1) is 10.9. The first kappa shape index (κ1) is 24.0. The molecular weight excluding hydrogens is 435 g/mol. The van der Waals surface area contributed by atoms with Gasteiger partial charge in [0.05, 0.1) is 0 Å². The van der Waals surface area contributed by atoms with Crippen LogP contribution in [0.5, 0.6) is 0 Å². The van der Waals surface area contributed by atoms with Gasteiger partial charge in [-0.25, -0.2) is 0 Å². The van der Waals surface area contributed by atoms with Crippen LogP contribution in [0.4, 0.5) is 11.6 Å². The molecule has 0 spiro atoms. The van der Waals surface area contributed by atoms with Crippen LogP contribution in [0.1, 0.15) is 11.1 Å². The van der Waals surface area contributed by atoms with Crippen LogP contribution in [-0.4, -0.2) is 26.4 Å². The van der Waals surface area contributed by atoms with Crippen molar-refractivity contribution in [1.82, 2.24) is 9.97 Å². The quantitative estimate of drug-likeness (QED) is 0.487. The van der Waals surface area contributed by atoms with Gasteiger partial charge in [-0.15, -0.1) is 0 Å². The van der Waals surface area contributed by atoms with Crippen molar-refractivity contribution >= 4 is 28.1 Å². The van der Waals surface area contributed by atoms with E-state index in [4.69, 9.17) is 0 Å². The second-order valence-electron chi connectivity index (χ2n) is 7.95. The van der Waals surface area contributed by atoms with E-state index in [9.17, 15) is 0 Å². The maximum absolute atomic E-state index is 4.58.